The molecule has 8 nitrogen and oxygen atoms in total. The molecule has 0 saturated heterocycles. The predicted molar refractivity (Wildman–Crippen MR) is 111 cm³/mol. The van der Waals surface area contributed by atoms with Crippen LogP contribution in [0.5, 0.6) is 0 Å². The number of nitrogens with two attached hydrogens (primary N) is 1. The van der Waals surface area contributed by atoms with E-state index in [2.05, 4.69) is 25.6 Å². The van der Waals surface area contributed by atoms with Crippen LogP contribution in [0.1, 0.15) is 41.9 Å². The molecule has 0 atom stereocenters. The summed E-state index contributed by atoms with van der Waals surface area (Å²) < 4.78 is 13.5. The standard InChI is InChI=1S/C20H24FN7O/c1-20(2,6-7-22)28-19(29)13-9-25-18-17(13)27-15(10-26-18)16(23)12-5-4-11(21)8-14(12)24-3/h4-5,8-10,23-24H,6-7,22H2,1-3H3,(H,25,26)(H,28,29). The lowest BCUT2D eigenvalue weighted by Crippen LogP contribution is -2.44. The lowest BCUT2D eigenvalue weighted by atomic mass is 10.0. The zero-order chi connectivity index (χ0) is 21.2. The van der Waals surface area contributed by atoms with Crippen molar-refractivity contribution < 1.29 is 9.18 Å². The first-order chi connectivity index (χ1) is 13.8. The molecule has 29 heavy (non-hydrogen) atoms. The number of fused-ring (bicyclic) bond motifs is 1. The number of aromatic amines is 1. The molecule has 2 aromatic heterocycles. The molecule has 0 saturated carbocycles. The number of nitrogens with zero attached hydrogens (tertiary/aromatic N) is 2. The number of H-pyrrole nitrogens is 1. The summed E-state index contributed by atoms with van der Waals surface area (Å²) in [5.74, 6) is -0.706. The molecule has 0 aliphatic heterocycles. The van der Waals surface area contributed by atoms with Gasteiger partial charge in [-0.05, 0) is 45.0 Å². The van der Waals surface area contributed by atoms with E-state index in [1.807, 2.05) is 13.8 Å². The van der Waals surface area contributed by atoms with Gasteiger partial charge in [0.15, 0.2) is 5.65 Å². The first-order valence-electron chi connectivity index (χ1n) is 9.19. The molecule has 0 unspecified atom stereocenters. The zero-order valence-corrected chi connectivity index (χ0v) is 16.6. The maximum Gasteiger partial charge on any atom is 0.255 e. The van der Waals surface area contributed by atoms with Gasteiger partial charge in [0.25, 0.3) is 5.91 Å². The number of carbonyl (C=O) groups is 1. The van der Waals surface area contributed by atoms with Crippen LogP contribution < -0.4 is 16.4 Å². The van der Waals surface area contributed by atoms with Crippen molar-refractivity contribution in [3.8, 4) is 0 Å². The summed E-state index contributed by atoms with van der Waals surface area (Å²) in [6.07, 6.45) is 3.62. The molecule has 1 aromatic carbocycles. The van der Waals surface area contributed by atoms with Gasteiger partial charge >= 0.3 is 0 Å². The Labute approximate surface area is 167 Å². The Morgan fingerprint density at radius 3 is 2.79 bits per heavy atom. The maximum atomic E-state index is 13.5. The Morgan fingerprint density at radius 1 is 1.34 bits per heavy atom. The molecule has 0 spiro atoms. The van der Waals surface area contributed by atoms with Gasteiger partial charge in [0.05, 0.1) is 17.5 Å². The average Bonchev–Trinajstić information content (AvgIpc) is 3.10. The topological polar surface area (TPSA) is 133 Å². The van der Waals surface area contributed by atoms with Gasteiger partial charge in [-0.1, -0.05) is 0 Å². The van der Waals surface area contributed by atoms with Crippen LogP contribution in [0.15, 0.2) is 30.6 Å². The van der Waals surface area contributed by atoms with Crippen molar-refractivity contribution in [3.05, 3.63) is 53.2 Å². The number of amides is 1. The molecule has 0 bridgehead atoms. The van der Waals surface area contributed by atoms with Crippen molar-refractivity contribution in [2.75, 3.05) is 18.9 Å². The summed E-state index contributed by atoms with van der Waals surface area (Å²) in [5.41, 5.74) is 7.56. The van der Waals surface area contributed by atoms with Crippen LogP contribution in [0.25, 0.3) is 11.2 Å². The van der Waals surface area contributed by atoms with E-state index in [4.69, 9.17) is 11.1 Å². The number of hydrogen-bond donors (Lipinski definition) is 5. The SMILES string of the molecule is CNc1cc(F)ccc1C(=N)c1cnc2[nH]cc(C(=O)NC(C)(C)CCN)c2n1. The zero-order valence-electron chi connectivity index (χ0n) is 16.6. The Morgan fingerprint density at radius 2 is 2.10 bits per heavy atom. The second-order valence-electron chi connectivity index (χ2n) is 7.35. The quantitative estimate of drug-likeness (QED) is 0.391. The van der Waals surface area contributed by atoms with E-state index in [1.54, 1.807) is 13.2 Å². The van der Waals surface area contributed by atoms with Crippen molar-refractivity contribution in [1.29, 1.82) is 5.41 Å². The van der Waals surface area contributed by atoms with E-state index < -0.39 is 11.4 Å². The fraction of sp³-hybridized carbons (Fsp3) is 0.300. The van der Waals surface area contributed by atoms with Gasteiger partial charge in [-0.25, -0.2) is 14.4 Å². The number of carbonyl (C=O) groups excluding carboxylic acids is 1. The highest BCUT2D eigenvalue weighted by Gasteiger charge is 2.23. The molecule has 6 N–H and O–H groups in total. The van der Waals surface area contributed by atoms with Crippen molar-refractivity contribution in [2.45, 2.75) is 25.8 Å². The largest absolute Gasteiger partial charge is 0.387 e. The first-order valence-corrected chi connectivity index (χ1v) is 9.19. The van der Waals surface area contributed by atoms with Gasteiger partial charge in [-0.2, -0.15) is 0 Å². The minimum absolute atomic E-state index is 0.0692. The maximum absolute atomic E-state index is 13.5. The lowest BCUT2D eigenvalue weighted by molar-refractivity contribution is 0.0912. The van der Waals surface area contributed by atoms with Crippen molar-refractivity contribution in [3.63, 3.8) is 0 Å². The molecule has 0 fully saturated rings. The van der Waals surface area contributed by atoms with Crippen LogP contribution in [0.4, 0.5) is 10.1 Å². The Balaban J connectivity index is 1.97. The summed E-state index contributed by atoms with van der Waals surface area (Å²) in [4.78, 5) is 24.4. The van der Waals surface area contributed by atoms with Crippen LogP contribution in [0.3, 0.4) is 0 Å². The van der Waals surface area contributed by atoms with Crippen LogP contribution in [-0.2, 0) is 0 Å². The summed E-state index contributed by atoms with van der Waals surface area (Å²) in [6, 6.07) is 4.10. The molecule has 9 heteroatoms. The van der Waals surface area contributed by atoms with E-state index in [-0.39, 0.29) is 17.3 Å². The van der Waals surface area contributed by atoms with Crippen LogP contribution in [-0.4, -0.2) is 45.7 Å². The fourth-order valence-electron chi connectivity index (χ4n) is 3.06. The third-order valence-corrected chi connectivity index (χ3v) is 4.62. The van der Waals surface area contributed by atoms with E-state index in [9.17, 15) is 9.18 Å². The molecule has 2 heterocycles. The fourth-order valence-corrected chi connectivity index (χ4v) is 3.06. The van der Waals surface area contributed by atoms with Gasteiger partial charge in [-0.3, -0.25) is 10.2 Å². The summed E-state index contributed by atoms with van der Waals surface area (Å²) in [6.45, 7) is 4.24. The molecular formula is C20H24FN7O. The summed E-state index contributed by atoms with van der Waals surface area (Å²) in [7, 11) is 1.65. The molecule has 152 valence electrons. The molecule has 0 aliphatic carbocycles. The van der Waals surface area contributed by atoms with Crippen LogP contribution >= 0.6 is 0 Å². The molecule has 3 rings (SSSR count). The van der Waals surface area contributed by atoms with E-state index in [0.29, 0.717) is 40.9 Å². The van der Waals surface area contributed by atoms with E-state index in [0.717, 1.165) is 0 Å². The second-order valence-corrected chi connectivity index (χ2v) is 7.35. The third-order valence-electron chi connectivity index (χ3n) is 4.62. The Kier molecular flexibility index (Phi) is 5.60. The molecule has 3 aromatic rings. The highest BCUT2D eigenvalue weighted by molar-refractivity contribution is 6.14. The third kappa shape index (κ3) is 4.24. The minimum Gasteiger partial charge on any atom is -0.387 e. The van der Waals surface area contributed by atoms with Crippen molar-refractivity contribution >= 4 is 28.5 Å². The van der Waals surface area contributed by atoms with Gasteiger partial charge < -0.3 is 21.4 Å². The highest BCUT2D eigenvalue weighted by Crippen LogP contribution is 2.22. The monoisotopic (exact) mass is 397 g/mol. The van der Waals surface area contributed by atoms with E-state index in [1.165, 1.54) is 24.4 Å². The number of rotatable bonds is 7. The normalized spacial score (nSPS) is 11.5. The van der Waals surface area contributed by atoms with Crippen molar-refractivity contribution in [1.82, 2.24) is 20.3 Å². The highest BCUT2D eigenvalue weighted by atomic mass is 19.1. The molecule has 0 aliphatic rings. The number of nitrogens with one attached hydrogen (secondary N) is 4. The minimum atomic E-state index is -0.469. The van der Waals surface area contributed by atoms with Gasteiger partial charge in [0.1, 0.15) is 17.0 Å². The molecule has 0 radical (unpaired) electrons. The Bertz CT molecular complexity index is 1070. The first kappa shape index (κ1) is 20.4. The average molecular weight is 397 g/mol. The molecule has 1 amide bonds. The lowest BCUT2D eigenvalue weighted by Gasteiger charge is -2.25. The summed E-state index contributed by atoms with van der Waals surface area (Å²) in [5, 5.41) is 14.3. The number of aromatic nitrogens is 3. The van der Waals surface area contributed by atoms with Gasteiger partial charge in [0.2, 0.25) is 0 Å². The Hall–Kier alpha value is -3.33. The number of halogens is 1. The smallest absolute Gasteiger partial charge is 0.255 e. The van der Waals surface area contributed by atoms with Crippen LogP contribution in [0, 0.1) is 11.2 Å². The number of anilines is 1. The number of benzene rings is 1. The van der Waals surface area contributed by atoms with Crippen LogP contribution in [0.2, 0.25) is 0 Å². The summed E-state index contributed by atoms with van der Waals surface area (Å²) >= 11 is 0. The van der Waals surface area contributed by atoms with Gasteiger partial charge in [0, 0.05) is 30.0 Å². The van der Waals surface area contributed by atoms with Crippen molar-refractivity contribution in [2.24, 2.45) is 5.73 Å². The molecular weight excluding hydrogens is 373 g/mol. The second kappa shape index (κ2) is 7.96. The van der Waals surface area contributed by atoms with Gasteiger partial charge in [-0.15, -0.1) is 0 Å². The van der Waals surface area contributed by atoms with E-state index >= 15 is 0 Å². The number of hydrogen-bond acceptors (Lipinski definition) is 6. The predicted octanol–water partition coefficient (Wildman–Crippen LogP) is 2.41.